The summed E-state index contributed by atoms with van der Waals surface area (Å²) < 4.78 is 144. The van der Waals surface area contributed by atoms with Crippen molar-refractivity contribution in [3.63, 3.8) is 0 Å². The molecule has 67 heavy (non-hydrogen) atoms. The van der Waals surface area contributed by atoms with Crippen LogP contribution in [0.2, 0.25) is 0 Å². The SMILES string of the molecule is O=S(=O)(O)CCCOc1cc(N=Nc2cccc(SOOO)c2)ccc1Nc1nc(Nc2ccc(N=Nc3cc(S(=O)(=O)O)c4cccc(S(=O)(=O)O)c4c3)cc2)nc(N2CC2S(=O)(=O)O)n1. The van der Waals surface area contributed by atoms with E-state index in [1.54, 1.807) is 24.3 Å². The van der Waals surface area contributed by atoms with Crippen molar-refractivity contribution >= 4 is 115 Å². The largest absolute Gasteiger partial charge is 0.491 e. The van der Waals surface area contributed by atoms with Gasteiger partial charge in [0.15, 0.2) is 5.37 Å². The molecule has 0 radical (unpaired) electrons. The topological polar surface area (TPSA) is 381 Å². The van der Waals surface area contributed by atoms with E-state index in [4.69, 9.17) is 9.99 Å². The van der Waals surface area contributed by atoms with Crippen LogP contribution in [0.15, 0.2) is 132 Å². The molecule has 0 spiro atoms. The van der Waals surface area contributed by atoms with E-state index in [9.17, 15) is 51.9 Å². The van der Waals surface area contributed by atoms with Gasteiger partial charge in [-0.05, 0) is 79.2 Å². The number of benzene rings is 5. The second-order valence-corrected chi connectivity index (χ2v) is 20.4. The molecule has 0 bridgehead atoms. The monoisotopic (exact) mass is 1020 g/mol. The van der Waals surface area contributed by atoms with E-state index < -0.39 is 61.4 Å². The van der Waals surface area contributed by atoms with Crippen molar-refractivity contribution in [3.05, 3.63) is 97.1 Å². The highest BCUT2D eigenvalue weighted by molar-refractivity contribution is 7.94. The van der Waals surface area contributed by atoms with Crippen LogP contribution in [0.25, 0.3) is 10.8 Å². The van der Waals surface area contributed by atoms with Crippen molar-refractivity contribution in [1.29, 1.82) is 0 Å². The van der Waals surface area contributed by atoms with Crippen molar-refractivity contribution in [2.75, 3.05) is 34.4 Å². The first-order chi connectivity index (χ1) is 31.6. The number of nitrogens with zero attached hydrogens (tertiary/aromatic N) is 8. The highest BCUT2D eigenvalue weighted by Crippen LogP contribution is 2.37. The Hall–Kier alpha value is -6.36. The smallest absolute Gasteiger partial charge is 0.295 e. The molecule has 31 heteroatoms. The van der Waals surface area contributed by atoms with Gasteiger partial charge in [-0.1, -0.05) is 23.2 Å². The van der Waals surface area contributed by atoms with Crippen LogP contribution < -0.4 is 20.3 Å². The molecule has 1 aliphatic heterocycles. The molecular formula is C36H32N10O16S5. The summed E-state index contributed by atoms with van der Waals surface area (Å²) in [5.74, 6) is -0.995. The minimum atomic E-state index is -4.90. The van der Waals surface area contributed by atoms with Crippen LogP contribution >= 0.6 is 12.0 Å². The first-order valence-corrected chi connectivity index (χ1v) is 25.3. The molecule has 1 fully saturated rings. The Morgan fingerprint density at radius 1 is 0.672 bits per heavy atom. The van der Waals surface area contributed by atoms with Gasteiger partial charge in [0.05, 0.1) is 59.4 Å². The minimum absolute atomic E-state index is 0.0881. The zero-order valence-electron chi connectivity index (χ0n) is 33.5. The number of hydrogen-bond acceptors (Lipinski definition) is 23. The van der Waals surface area contributed by atoms with E-state index in [0.29, 0.717) is 28.3 Å². The minimum Gasteiger partial charge on any atom is -0.491 e. The number of azo groups is 2. The average Bonchev–Trinajstić information content (AvgIpc) is 4.08. The molecule has 352 valence electrons. The zero-order chi connectivity index (χ0) is 48.1. The summed E-state index contributed by atoms with van der Waals surface area (Å²) in [5.41, 5.74) is 1.19. The van der Waals surface area contributed by atoms with Crippen molar-refractivity contribution in [2.45, 2.75) is 26.5 Å². The lowest BCUT2D eigenvalue weighted by Crippen LogP contribution is -2.15. The van der Waals surface area contributed by atoms with E-state index >= 15 is 0 Å². The summed E-state index contributed by atoms with van der Waals surface area (Å²) in [4.78, 5) is 13.4. The fourth-order valence-corrected chi connectivity index (χ4v) is 9.04. The Labute approximate surface area is 383 Å². The standard InChI is InChI=1S/C36H32N10O16S5/c47-61-62-63-26-5-1-4-23(16-26)43-44-24-12-13-29(30(18-24)60-14-3-15-64(48,49)50)38-35-39-34(40-36(41-35)46-20-33(46)67(57,58)59)37-21-8-10-22(11-9-21)42-45-25-17-28-27(32(19-25)66(54,55)56)6-2-7-31(28)65(51,52)53/h1-2,4-13,16-19,33,47H,3,14-15,20H2,(H,48,49,50)(H,51,52,53)(H,54,55,56)(H,57,58,59)(H2,37,38,39,40,41). The molecule has 5 aromatic carbocycles. The van der Waals surface area contributed by atoms with Gasteiger partial charge in [-0.15, -0.1) is 4.33 Å². The Morgan fingerprint density at radius 3 is 1.97 bits per heavy atom. The summed E-state index contributed by atoms with van der Waals surface area (Å²) in [6.45, 7) is -0.355. The van der Waals surface area contributed by atoms with Crippen molar-refractivity contribution < 1.29 is 71.2 Å². The molecule has 1 aromatic heterocycles. The molecule has 0 amide bonds. The summed E-state index contributed by atoms with van der Waals surface area (Å²) in [6, 6.07) is 22.5. The molecule has 1 aliphatic rings. The predicted octanol–water partition coefficient (Wildman–Crippen LogP) is 6.96. The number of aromatic nitrogens is 3. The molecule has 1 saturated heterocycles. The molecule has 6 aromatic rings. The van der Waals surface area contributed by atoms with Crippen LogP contribution in [0.5, 0.6) is 5.75 Å². The van der Waals surface area contributed by atoms with Gasteiger partial charge in [0.2, 0.25) is 17.8 Å². The number of ether oxygens (including phenoxy) is 1. The van der Waals surface area contributed by atoms with Gasteiger partial charge in [0, 0.05) is 27.4 Å². The van der Waals surface area contributed by atoms with Gasteiger partial charge in [-0.3, -0.25) is 18.2 Å². The Morgan fingerprint density at radius 2 is 1.31 bits per heavy atom. The van der Waals surface area contributed by atoms with Crippen LogP contribution in [0.1, 0.15) is 6.42 Å². The molecular weight excluding hydrogens is 989 g/mol. The van der Waals surface area contributed by atoms with Crippen molar-refractivity contribution in [2.24, 2.45) is 20.5 Å². The second kappa shape index (κ2) is 19.9. The lowest BCUT2D eigenvalue weighted by molar-refractivity contribution is -0.432. The van der Waals surface area contributed by atoms with Gasteiger partial charge in [0.25, 0.3) is 40.5 Å². The van der Waals surface area contributed by atoms with Crippen LogP contribution in [0, 0.1) is 0 Å². The van der Waals surface area contributed by atoms with Gasteiger partial charge in [-0.25, -0.2) is 5.26 Å². The third kappa shape index (κ3) is 13.2. The molecule has 7 rings (SSSR count). The molecule has 26 nitrogen and oxygen atoms in total. The third-order valence-electron chi connectivity index (χ3n) is 8.93. The van der Waals surface area contributed by atoms with E-state index in [1.165, 1.54) is 59.5 Å². The van der Waals surface area contributed by atoms with Crippen molar-refractivity contribution in [1.82, 2.24) is 15.0 Å². The number of nitrogens with one attached hydrogen (secondary N) is 2. The van der Waals surface area contributed by atoms with Crippen LogP contribution in [0.3, 0.4) is 0 Å². The quantitative estimate of drug-likeness (QED) is 0.00772. The molecule has 0 aliphatic carbocycles. The first-order valence-electron chi connectivity index (χ1n) is 18.6. The molecule has 7 N–H and O–H groups in total. The second-order valence-electron chi connectivity index (χ2n) is 13.7. The van der Waals surface area contributed by atoms with Crippen LogP contribution in [-0.2, 0) is 49.8 Å². The Bertz CT molecular complexity index is 3370. The highest BCUT2D eigenvalue weighted by atomic mass is 32.2. The van der Waals surface area contributed by atoms with Crippen molar-refractivity contribution in [3.8, 4) is 5.75 Å². The fraction of sp³-hybridized carbons (Fsp3) is 0.139. The maximum absolute atomic E-state index is 12.2. The molecule has 1 atom stereocenters. The van der Waals surface area contributed by atoms with Gasteiger partial charge < -0.3 is 20.3 Å². The highest BCUT2D eigenvalue weighted by Gasteiger charge is 2.46. The lowest BCUT2D eigenvalue weighted by Gasteiger charge is -2.15. The lowest BCUT2D eigenvalue weighted by atomic mass is 10.1. The molecule has 1 unspecified atom stereocenters. The summed E-state index contributed by atoms with van der Waals surface area (Å²) >= 11 is 0.712. The molecule has 0 saturated carbocycles. The van der Waals surface area contributed by atoms with Gasteiger partial charge >= 0.3 is 0 Å². The zero-order valence-corrected chi connectivity index (χ0v) is 37.6. The van der Waals surface area contributed by atoms with E-state index in [1.807, 2.05) is 0 Å². The predicted molar refractivity (Wildman–Crippen MR) is 238 cm³/mol. The summed E-state index contributed by atoms with van der Waals surface area (Å²) in [5, 5.41) is 32.6. The number of fused-ring (bicyclic) bond motifs is 1. The third-order valence-corrected chi connectivity index (χ3v) is 13.2. The van der Waals surface area contributed by atoms with Crippen LogP contribution in [0.4, 0.5) is 52.0 Å². The maximum atomic E-state index is 12.2. The first kappa shape index (κ1) is 48.6. The molecule has 2 heterocycles. The van der Waals surface area contributed by atoms with E-state index in [-0.39, 0.29) is 76.7 Å². The number of hydrogen-bond donors (Lipinski definition) is 7. The van der Waals surface area contributed by atoms with Gasteiger partial charge in [0.1, 0.15) is 15.5 Å². The number of anilines is 5. The van der Waals surface area contributed by atoms with E-state index in [2.05, 4.69) is 55.4 Å². The fourth-order valence-electron chi connectivity index (χ4n) is 5.96. The summed E-state index contributed by atoms with van der Waals surface area (Å²) in [7, 11) is -18.6. The summed E-state index contributed by atoms with van der Waals surface area (Å²) in [6.07, 6.45) is -0.111. The Kier molecular flexibility index (Phi) is 14.4. The average molecular weight is 1020 g/mol. The van der Waals surface area contributed by atoms with E-state index in [0.717, 1.165) is 18.2 Å². The van der Waals surface area contributed by atoms with Gasteiger partial charge in [-0.2, -0.15) is 69.1 Å². The number of rotatable bonds is 20. The van der Waals surface area contributed by atoms with Crippen LogP contribution in [-0.4, -0.2) is 96.4 Å². The normalized spacial score (nSPS) is 14.5. The maximum Gasteiger partial charge on any atom is 0.295 e. The Balaban J connectivity index is 1.16.